The maximum atomic E-state index is 11.8. The van der Waals surface area contributed by atoms with E-state index in [0.717, 1.165) is 6.42 Å². The predicted molar refractivity (Wildman–Crippen MR) is 76.0 cm³/mol. The molecular formula is C12H15N3O3S. The maximum Gasteiger partial charge on any atom is 0.269 e. The number of carbonyl (C=O) groups excluding carboxylic acids is 1. The van der Waals surface area contributed by atoms with E-state index in [1.54, 1.807) is 0 Å². The number of non-ortho nitro benzene ring substituents is 1. The van der Waals surface area contributed by atoms with Crippen LogP contribution in [0, 0.1) is 10.1 Å². The Morgan fingerprint density at radius 3 is 2.47 bits per heavy atom. The Kier molecular flexibility index (Phi) is 5.37. The van der Waals surface area contributed by atoms with Gasteiger partial charge in [-0.05, 0) is 37.7 Å². The summed E-state index contributed by atoms with van der Waals surface area (Å²) < 4.78 is 0. The Morgan fingerprint density at radius 2 is 2.00 bits per heavy atom. The second kappa shape index (κ2) is 6.79. The van der Waals surface area contributed by atoms with Crippen LogP contribution in [0.3, 0.4) is 0 Å². The smallest absolute Gasteiger partial charge is 0.269 e. The van der Waals surface area contributed by atoms with Gasteiger partial charge >= 0.3 is 0 Å². The largest absolute Gasteiger partial charge is 0.360 e. The fourth-order valence-corrected chi connectivity index (χ4v) is 1.57. The number of benzene rings is 1. The molecule has 0 saturated carbocycles. The molecule has 1 aromatic carbocycles. The van der Waals surface area contributed by atoms with E-state index in [9.17, 15) is 14.9 Å². The van der Waals surface area contributed by atoms with Crippen LogP contribution >= 0.6 is 12.2 Å². The van der Waals surface area contributed by atoms with E-state index < -0.39 is 10.8 Å². The van der Waals surface area contributed by atoms with E-state index in [-0.39, 0.29) is 16.8 Å². The molecule has 0 aliphatic heterocycles. The molecule has 1 unspecified atom stereocenters. The van der Waals surface area contributed by atoms with Crippen molar-refractivity contribution >= 4 is 28.9 Å². The monoisotopic (exact) mass is 281 g/mol. The van der Waals surface area contributed by atoms with Crippen LogP contribution in [0.2, 0.25) is 0 Å². The summed E-state index contributed by atoms with van der Waals surface area (Å²) in [6.45, 7) is 3.95. The Labute approximate surface area is 116 Å². The molecule has 0 aliphatic rings. The quantitative estimate of drug-likeness (QED) is 0.501. The molecule has 102 valence electrons. The van der Waals surface area contributed by atoms with Gasteiger partial charge in [-0.2, -0.15) is 0 Å². The highest BCUT2D eigenvalue weighted by molar-refractivity contribution is 7.80. The summed E-state index contributed by atoms with van der Waals surface area (Å²) in [5.74, 6) is -0.393. The molecule has 7 heteroatoms. The average Bonchev–Trinajstić information content (AvgIpc) is 2.38. The van der Waals surface area contributed by atoms with Crippen LogP contribution in [0.4, 0.5) is 5.69 Å². The zero-order valence-electron chi connectivity index (χ0n) is 10.7. The molecule has 1 aromatic rings. The number of thiocarbonyl (C=S) groups is 1. The lowest BCUT2D eigenvalue weighted by molar-refractivity contribution is -0.384. The van der Waals surface area contributed by atoms with Crippen molar-refractivity contribution in [3.05, 3.63) is 39.9 Å². The first kappa shape index (κ1) is 15.0. The van der Waals surface area contributed by atoms with Gasteiger partial charge in [-0.25, -0.2) is 0 Å². The molecule has 0 heterocycles. The topological polar surface area (TPSA) is 84.3 Å². The molecular weight excluding hydrogens is 266 g/mol. The van der Waals surface area contributed by atoms with Gasteiger partial charge in [0.1, 0.15) is 0 Å². The minimum atomic E-state index is -0.517. The van der Waals surface area contributed by atoms with Gasteiger partial charge in [0.05, 0.1) is 4.92 Å². The Morgan fingerprint density at radius 1 is 1.42 bits per heavy atom. The third-order valence-electron chi connectivity index (χ3n) is 2.56. The van der Waals surface area contributed by atoms with Crippen molar-refractivity contribution < 1.29 is 9.72 Å². The number of hydrogen-bond acceptors (Lipinski definition) is 4. The number of nitro groups is 1. The van der Waals surface area contributed by atoms with Crippen molar-refractivity contribution in [2.75, 3.05) is 0 Å². The Balaban J connectivity index is 2.63. The summed E-state index contributed by atoms with van der Waals surface area (Å²) in [4.78, 5) is 21.8. The van der Waals surface area contributed by atoms with Crippen molar-refractivity contribution in [1.29, 1.82) is 0 Å². The van der Waals surface area contributed by atoms with E-state index in [1.807, 2.05) is 13.8 Å². The molecule has 2 N–H and O–H groups in total. The number of carbonyl (C=O) groups is 1. The molecule has 0 fully saturated rings. The lowest BCUT2D eigenvalue weighted by Crippen LogP contribution is -2.43. The highest BCUT2D eigenvalue weighted by atomic mass is 32.1. The summed E-state index contributed by atoms with van der Waals surface area (Å²) in [7, 11) is 0. The minimum Gasteiger partial charge on any atom is -0.360 e. The number of nitrogens with zero attached hydrogens (tertiary/aromatic N) is 1. The number of rotatable bonds is 4. The first-order valence-electron chi connectivity index (χ1n) is 5.80. The van der Waals surface area contributed by atoms with E-state index in [4.69, 9.17) is 12.2 Å². The van der Waals surface area contributed by atoms with Crippen molar-refractivity contribution in [3.8, 4) is 0 Å². The van der Waals surface area contributed by atoms with Gasteiger partial charge in [-0.1, -0.05) is 6.92 Å². The summed E-state index contributed by atoms with van der Waals surface area (Å²) in [5.41, 5.74) is 0.260. The summed E-state index contributed by atoms with van der Waals surface area (Å²) in [6.07, 6.45) is 0.882. The molecule has 0 spiro atoms. The first-order chi connectivity index (χ1) is 8.93. The Bertz CT molecular complexity index is 487. The molecule has 1 amide bonds. The third kappa shape index (κ3) is 4.63. The molecule has 6 nitrogen and oxygen atoms in total. The zero-order valence-corrected chi connectivity index (χ0v) is 11.5. The predicted octanol–water partition coefficient (Wildman–Crippen LogP) is 2.00. The van der Waals surface area contributed by atoms with Crippen molar-refractivity contribution in [1.82, 2.24) is 10.6 Å². The van der Waals surface area contributed by atoms with E-state index >= 15 is 0 Å². The van der Waals surface area contributed by atoms with Crippen LogP contribution < -0.4 is 10.6 Å². The van der Waals surface area contributed by atoms with Gasteiger partial charge in [0.15, 0.2) is 5.11 Å². The second-order valence-corrected chi connectivity index (χ2v) is 4.45. The first-order valence-corrected chi connectivity index (χ1v) is 6.21. The molecule has 0 aromatic heterocycles. The van der Waals surface area contributed by atoms with Gasteiger partial charge < -0.3 is 5.32 Å². The van der Waals surface area contributed by atoms with Crippen molar-refractivity contribution in [3.63, 3.8) is 0 Å². The fourth-order valence-electron chi connectivity index (χ4n) is 1.27. The molecule has 19 heavy (non-hydrogen) atoms. The summed E-state index contributed by atoms with van der Waals surface area (Å²) >= 11 is 4.99. The van der Waals surface area contributed by atoms with Gasteiger partial charge in [0.2, 0.25) is 0 Å². The number of nitrogens with one attached hydrogen (secondary N) is 2. The summed E-state index contributed by atoms with van der Waals surface area (Å²) in [5, 5.41) is 16.2. The normalized spacial score (nSPS) is 11.5. The molecule has 0 bridgehead atoms. The summed E-state index contributed by atoms with van der Waals surface area (Å²) in [6, 6.07) is 5.50. The number of nitro benzene ring substituents is 1. The van der Waals surface area contributed by atoms with Crippen molar-refractivity contribution in [2.45, 2.75) is 26.3 Å². The lowest BCUT2D eigenvalue weighted by Gasteiger charge is -2.14. The van der Waals surface area contributed by atoms with Crippen LogP contribution in [0.25, 0.3) is 0 Å². The fraction of sp³-hybridized carbons (Fsp3) is 0.333. The van der Waals surface area contributed by atoms with Crippen LogP contribution in [0.1, 0.15) is 30.6 Å². The van der Waals surface area contributed by atoms with Gasteiger partial charge in [0.25, 0.3) is 11.6 Å². The number of hydrogen-bond donors (Lipinski definition) is 2. The number of amides is 1. The minimum absolute atomic E-state index is 0.0585. The van der Waals surface area contributed by atoms with Gasteiger partial charge in [-0.15, -0.1) is 0 Å². The maximum absolute atomic E-state index is 11.8. The molecule has 1 rings (SSSR count). The Hall–Kier alpha value is -2.02. The van der Waals surface area contributed by atoms with Crippen LogP contribution in [-0.4, -0.2) is 22.0 Å². The highest BCUT2D eigenvalue weighted by Crippen LogP contribution is 2.11. The van der Waals surface area contributed by atoms with Gasteiger partial charge in [0, 0.05) is 23.7 Å². The SMILES string of the molecule is CCC(C)NC(=S)NC(=O)c1ccc([N+](=O)[O-])cc1. The standard InChI is InChI=1S/C12H15N3O3S/c1-3-8(2)13-12(19)14-11(16)9-4-6-10(7-5-9)15(17)18/h4-8H,3H2,1-2H3,(H2,13,14,16,19). The average molecular weight is 281 g/mol. The molecule has 0 aliphatic carbocycles. The third-order valence-corrected chi connectivity index (χ3v) is 2.78. The second-order valence-electron chi connectivity index (χ2n) is 4.04. The zero-order chi connectivity index (χ0) is 14.4. The van der Waals surface area contributed by atoms with Gasteiger partial charge in [-0.3, -0.25) is 20.2 Å². The van der Waals surface area contributed by atoms with E-state index in [1.165, 1.54) is 24.3 Å². The molecule has 0 radical (unpaired) electrons. The highest BCUT2D eigenvalue weighted by Gasteiger charge is 2.11. The lowest BCUT2D eigenvalue weighted by atomic mass is 10.2. The molecule has 0 saturated heterocycles. The van der Waals surface area contributed by atoms with Crippen LogP contribution in [0.15, 0.2) is 24.3 Å². The van der Waals surface area contributed by atoms with Crippen LogP contribution in [0.5, 0.6) is 0 Å². The van der Waals surface area contributed by atoms with E-state index in [0.29, 0.717) is 5.56 Å². The van der Waals surface area contributed by atoms with E-state index in [2.05, 4.69) is 10.6 Å². The van der Waals surface area contributed by atoms with Crippen LogP contribution in [-0.2, 0) is 0 Å². The molecule has 1 atom stereocenters. The van der Waals surface area contributed by atoms with Crippen molar-refractivity contribution in [2.24, 2.45) is 0 Å².